The summed E-state index contributed by atoms with van der Waals surface area (Å²) in [6, 6.07) is 0. The van der Waals surface area contributed by atoms with Crippen molar-refractivity contribution in [1.82, 2.24) is 0 Å². The van der Waals surface area contributed by atoms with Gasteiger partial charge in [0.05, 0.1) is 6.10 Å². The zero-order valence-corrected chi connectivity index (χ0v) is 18.9. The Balaban J connectivity index is 2.53. The standard InChI is InChI=1S/C24H36O5/c1-15(2)20-13-11-16(3)9-8-10-17(4)12-14-21-24(7,29-21)23(28-19(6)26)22(20)27-18(5)25/h10-11,13,15,21-23H,8-9,12,14H2,1-7H3/b16-11+,17-10+,20-13-/t21-,22?,23-,24-/m0/s1. The molecule has 0 aromatic heterocycles. The topological polar surface area (TPSA) is 65.1 Å². The number of allylic oxidation sites excluding steroid dienone is 5. The van der Waals surface area contributed by atoms with Crippen LogP contribution in [0.25, 0.3) is 0 Å². The van der Waals surface area contributed by atoms with Crippen molar-refractivity contribution < 1.29 is 23.8 Å². The van der Waals surface area contributed by atoms with Crippen molar-refractivity contribution in [1.29, 1.82) is 0 Å². The third-order valence-corrected chi connectivity index (χ3v) is 5.79. The minimum atomic E-state index is -0.691. The van der Waals surface area contributed by atoms with Gasteiger partial charge in [0.2, 0.25) is 0 Å². The Kier molecular flexibility index (Phi) is 7.87. The highest BCUT2D eigenvalue weighted by atomic mass is 16.7. The van der Waals surface area contributed by atoms with Crippen LogP contribution in [-0.4, -0.2) is 35.9 Å². The van der Waals surface area contributed by atoms with Crippen LogP contribution in [0.15, 0.2) is 34.9 Å². The predicted molar refractivity (Wildman–Crippen MR) is 113 cm³/mol. The van der Waals surface area contributed by atoms with Gasteiger partial charge < -0.3 is 14.2 Å². The van der Waals surface area contributed by atoms with Gasteiger partial charge in [-0.25, -0.2) is 0 Å². The van der Waals surface area contributed by atoms with E-state index in [1.165, 1.54) is 25.0 Å². The lowest BCUT2D eigenvalue weighted by molar-refractivity contribution is -0.167. The third-order valence-electron chi connectivity index (χ3n) is 5.79. The molecule has 29 heavy (non-hydrogen) atoms. The molecular weight excluding hydrogens is 368 g/mol. The van der Waals surface area contributed by atoms with Crippen LogP contribution >= 0.6 is 0 Å². The summed E-state index contributed by atoms with van der Waals surface area (Å²) in [5, 5.41) is 0. The van der Waals surface area contributed by atoms with Gasteiger partial charge in [-0.3, -0.25) is 9.59 Å². The number of hydrogen-bond acceptors (Lipinski definition) is 5. The van der Waals surface area contributed by atoms with Gasteiger partial charge in [-0.2, -0.15) is 0 Å². The first-order valence-corrected chi connectivity index (χ1v) is 10.6. The lowest BCUT2D eigenvalue weighted by Gasteiger charge is -2.32. The number of fused-ring (bicyclic) bond motifs is 1. The highest BCUT2D eigenvalue weighted by molar-refractivity contribution is 5.68. The van der Waals surface area contributed by atoms with E-state index in [-0.39, 0.29) is 12.0 Å². The normalized spacial score (nSPS) is 36.3. The Labute approximate surface area is 175 Å². The molecule has 0 bridgehead atoms. The van der Waals surface area contributed by atoms with Crippen LogP contribution in [0.2, 0.25) is 0 Å². The molecule has 1 aliphatic heterocycles. The average molecular weight is 405 g/mol. The molecule has 1 saturated heterocycles. The number of esters is 2. The van der Waals surface area contributed by atoms with E-state index in [1.54, 1.807) is 0 Å². The lowest BCUT2D eigenvalue weighted by atomic mass is 9.85. The summed E-state index contributed by atoms with van der Waals surface area (Å²) in [7, 11) is 0. The first kappa shape index (κ1) is 23.4. The van der Waals surface area contributed by atoms with Crippen molar-refractivity contribution in [3.63, 3.8) is 0 Å². The second-order valence-corrected chi connectivity index (χ2v) is 8.81. The Hall–Kier alpha value is -1.88. The van der Waals surface area contributed by atoms with Crippen molar-refractivity contribution >= 4 is 11.9 Å². The summed E-state index contributed by atoms with van der Waals surface area (Å²) in [5.41, 5.74) is 2.83. The minimum Gasteiger partial charge on any atom is -0.455 e. The predicted octanol–water partition coefficient (Wildman–Crippen LogP) is 5.06. The lowest BCUT2D eigenvalue weighted by Crippen LogP contribution is -2.47. The number of rotatable bonds is 3. The minimum absolute atomic E-state index is 0.0399. The van der Waals surface area contributed by atoms with E-state index in [1.807, 2.05) is 13.0 Å². The first-order chi connectivity index (χ1) is 13.5. The number of hydrogen-bond donors (Lipinski definition) is 0. The monoisotopic (exact) mass is 404 g/mol. The van der Waals surface area contributed by atoms with E-state index in [0.29, 0.717) is 0 Å². The maximum Gasteiger partial charge on any atom is 0.303 e. The van der Waals surface area contributed by atoms with Crippen LogP contribution in [0.3, 0.4) is 0 Å². The molecule has 0 N–H and O–H groups in total. The number of carbonyl (C=O) groups excluding carboxylic acids is 2. The quantitative estimate of drug-likeness (QED) is 0.374. The second-order valence-electron chi connectivity index (χ2n) is 8.81. The van der Waals surface area contributed by atoms with Crippen LogP contribution < -0.4 is 0 Å². The van der Waals surface area contributed by atoms with Gasteiger partial charge in [0.1, 0.15) is 5.60 Å². The number of epoxide rings is 1. The third kappa shape index (κ3) is 6.30. The van der Waals surface area contributed by atoms with E-state index in [9.17, 15) is 9.59 Å². The highest BCUT2D eigenvalue weighted by Crippen LogP contribution is 2.47. The Bertz CT molecular complexity index is 715. The van der Waals surface area contributed by atoms with E-state index in [4.69, 9.17) is 14.2 Å². The zero-order valence-electron chi connectivity index (χ0n) is 18.9. The van der Waals surface area contributed by atoms with Crippen LogP contribution in [-0.2, 0) is 23.8 Å². The molecule has 5 nitrogen and oxygen atoms in total. The summed E-state index contributed by atoms with van der Waals surface area (Å²) in [5.74, 6) is -0.702. The number of carbonyl (C=O) groups is 2. The zero-order chi connectivity index (χ0) is 21.8. The van der Waals surface area contributed by atoms with Gasteiger partial charge in [0.25, 0.3) is 0 Å². The summed E-state index contributed by atoms with van der Waals surface area (Å²) >= 11 is 0. The molecule has 1 unspecified atom stereocenters. The van der Waals surface area contributed by atoms with Crippen LogP contribution in [0.4, 0.5) is 0 Å². The van der Waals surface area contributed by atoms with Crippen molar-refractivity contribution in [3.8, 4) is 0 Å². The number of ether oxygens (including phenoxy) is 3. The van der Waals surface area contributed by atoms with Crippen LogP contribution in [0.1, 0.15) is 74.1 Å². The van der Waals surface area contributed by atoms with Gasteiger partial charge in [0.15, 0.2) is 12.2 Å². The molecule has 0 radical (unpaired) electrons. The van der Waals surface area contributed by atoms with Gasteiger partial charge in [0, 0.05) is 13.8 Å². The van der Waals surface area contributed by atoms with E-state index in [2.05, 4.69) is 39.8 Å². The molecule has 0 aromatic rings. The largest absolute Gasteiger partial charge is 0.455 e. The Morgan fingerprint density at radius 3 is 2.31 bits per heavy atom. The Morgan fingerprint density at radius 1 is 1.07 bits per heavy atom. The molecule has 1 aliphatic carbocycles. The fourth-order valence-corrected chi connectivity index (χ4v) is 3.95. The SMILES string of the molecule is CC(=O)OC1/C(C(C)C)=C\C=C(/C)CC/C=C(\C)CC[C@@H]2O[C@]2(C)[C@H]1OC(C)=O. The molecule has 4 atom stereocenters. The van der Waals surface area contributed by atoms with E-state index < -0.39 is 29.7 Å². The first-order valence-electron chi connectivity index (χ1n) is 10.6. The Morgan fingerprint density at radius 2 is 1.72 bits per heavy atom. The van der Waals surface area contributed by atoms with E-state index >= 15 is 0 Å². The second kappa shape index (κ2) is 9.75. The van der Waals surface area contributed by atoms with Crippen LogP contribution in [0, 0.1) is 5.92 Å². The van der Waals surface area contributed by atoms with Crippen molar-refractivity contribution in [2.24, 2.45) is 5.92 Å². The maximum absolute atomic E-state index is 12.0. The van der Waals surface area contributed by atoms with Crippen LogP contribution in [0.5, 0.6) is 0 Å². The summed E-state index contributed by atoms with van der Waals surface area (Å²) in [6.07, 6.45) is 8.74. The molecule has 2 aliphatic rings. The van der Waals surface area contributed by atoms with Crippen molar-refractivity contribution in [2.45, 2.75) is 98.1 Å². The molecule has 0 spiro atoms. The molecule has 0 saturated carbocycles. The smallest absolute Gasteiger partial charge is 0.303 e. The molecule has 162 valence electrons. The maximum atomic E-state index is 12.0. The van der Waals surface area contributed by atoms with Gasteiger partial charge in [-0.05, 0) is 57.9 Å². The molecule has 2 rings (SSSR count). The molecule has 0 aromatic carbocycles. The molecular formula is C24H36O5. The van der Waals surface area contributed by atoms with Crippen molar-refractivity contribution in [2.75, 3.05) is 0 Å². The van der Waals surface area contributed by atoms with Gasteiger partial charge >= 0.3 is 11.9 Å². The molecule has 1 fully saturated rings. The van der Waals surface area contributed by atoms with Gasteiger partial charge in [-0.1, -0.05) is 43.2 Å². The average Bonchev–Trinajstić information content (AvgIpc) is 3.27. The molecule has 1 heterocycles. The highest BCUT2D eigenvalue weighted by Gasteiger charge is 2.62. The summed E-state index contributed by atoms with van der Waals surface area (Å²) in [4.78, 5) is 23.9. The fraction of sp³-hybridized carbons (Fsp3) is 0.667. The summed E-state index contributed by atoms with van der Waals surface area (Å²) < 4.78 is 17.6. The van der Waals surface area contributed by atoms with Gasteiger partial charge in [-0.15, -0.1) is 0 Å². The fourth-order valence-electron chi connectivity index (χ4n) is 3.95. The van der Waals surface area contributed by atoms with E-state index in [0.717, 1.165) is 31.3 Å². The molecule has 5 heteroatoms. The summed E-state index contributed by atoms with van der Waals surface area (Å²) in [6.45, 7) is 13.1. The molecule has 0 amide bonds. The van der Waals surface area contributed by atoms with Crippen molar-refractivity contribution in [3.05, 3.63) is 34.9 Å².